The van der Waals surface area contributed by atoms with Crippen molar-refractivity contribution in [2.24, 2.45) is 0 Å². The second kappa shape index (κ2) is 3.74. The molecule has 0 spiro atoms. The second-order valence-corrected chi connectivity index (χ2v) is 3.65. The van der Waals surface area contributed by atoms with Crippen LogP contribution in [0.2, 0.25) is 0 Å². The summed E-state index contributed by atoms with van der Waals surface area (Å²) in [5.74, 6) is 0.347. The molecule has 1 heterocycles. The van der Waals surface area contributed by atoms with Crippen LogP contribution in [0.3, 0.4) is 0 Å². The molecule has 0 aliphatic carbocycles. The number of nitrogens with zero attached hydrogens (tertiary/aromatic N) is 1. The number of fused-ring (bicyclic) bond motifs is 1. The Labute approximate surface area is 84.5 Å². The largest absolute Gasteiger partial charge is 0.508 e. The Kier molecular flexibility index (Phi) is 2.44. The van der Waals surface area contributed by atoms with E-state index in [0.717, 1.165) is 25.2 Å². The lowest BCUT2D eigenvalue weighted by molar-refractivity contribution is 0.474. The van der Waals surface area contributed by atoms with E-state index in [0.29, 0.717) is 5.75 Å². The standard InChI is InChI=1S/C12H15NO/c1-2-7-13-8-3-4-10-5-6-11(14)9-12(10)13/h2,5-6,9,14H,1,3-4,7-8H2. The van der Waals surface area contributed by atoms with Crippen molar-refractivity contribution in [2.75, 3.05) is 18.0 Å². The fourth-order valence-electron chi connectivity index (χ4n) is 1.98. The number of hydrogen-bond acceptors (Lipinski definition) is 2. The van der Waals surface area contributed by atoms with Crippen molar-refractivity contribution in [3.05, 3.63) is 36.4 Å². The van der Waals surface area contributed by atoms with E-state index in [1.807, 2.05) is 18.2 Å². The molecule has 2 heteroatoms. The predicted octanol–water partition coefficient (Wildman–Crippen LogP) is 2.33. The molecule has 1 aliphatic rings. The molecule has 14 heavy (non-hydrogen) atoms. The highest BCUT2D eigenvalue weighted by Gasteiger charge is 2.15. The highest BCUT2D eigenvalue weighted by Crippen LogP contribution is 2.30. The molecule has 2 rings (SSSR count). The van der Waals surface area contributed by atoms with Crippen LogP contribution in [0, 0.1) is 0 Å². The topological polar surface area (TPSA) is 23.5 Å². The van der Waals surface area contributed by atoms with Gasteiger partial charge in [0.15, 0.2) is 0 Å². The van der Waals surface area contributed by atoms with E-state index < -0.39 is 0 Å². The maximum absolute atomic E-state index is 9.42. The molecule has 2 nitrogen and oxygen atoms in total. The zero-order chi connectivity index (χ0) is 9.97. The van der Waals surface area contributed by atoms with Gasteiger partial charge in [-0.05, 0) is 24.5 Å². The summed E-state index contributed by atoms with van der Waals surface area (Å²) in [4.78, 5) is 2.26. The van der Waals surface area contributed by atoms with E-state index in [1.54, 1.807) is 6.07 Å². The van der Waals surface area contributed by atoms with Crippen molar-refractivity contribution in [1.82, 2.24) is 0 Å². The number of phenolic OH excluding ortho intramolecular Hbond substituents is 1. The van der Waals surface area contributed by atoms with Crippen molar-refractivity contribution in [2.45, 2.75) is 12.8 Å². The molecule has 0 bridgehead atoms. The van der Waals surface area contributed by atoms with Gasteiger partial charge in [0.05, 0.1) is 0 Å². The molecule has 74 valence electrons. The zero-order valence-corrected chi connectivity index (χ0v) is 8.24. The minimum Gasteiger partial charge on any atom is -0.508 e. The molecule has 0 fully saturated rings. The van der Waals surface area contributed by atoms with Gasteiger partial charge in [0.25, 0.3) is 0 Å². The summed E-state index contributed by atoms with van der Waals surface area (Å²) in [5.41, 5.74) is 2.49. The molecule has 0 radical (unpaired) electrons. The van der Waals surface area contributed by atoms with Gasteiger partial charge in [-0.15, -0.1) is 6.58 Å². The smallest absolute Gasteiger partial charge is 0.117 e. The zero-order valence-electron chi connectivity index (χ0n) is 8.24. The van der Waals surface area contributed by atoms with Crippen molar-refractivity contribution >= 4 is 5.69 Å². The summed E-state index contributed by atoms with van der Waals surface area (Å²) in [6.45, 7) is 5.66. The number of hydrogen-bond donors (Lipinski definition) is 1. The molecule has 1 N–H and O–H groups in total. The molecule has 0 saturated carbocycles. The van der Waals surface area contributed by atoms with Crippen LogP contribution < -0.4 is 4.90 Å². The lowest BCUT2D eigenvalue weighted by Gasteiger charge is -2.30. The number of rotatable bonds is 2. The van der Waals surface area contributed by atoms with Crippen LogP contribution >= 0.6 is 0 Å². The average molecular weight is 189 g/mol. The highest BCUT2D eigenvalue weighted by molar-refractivity contribution is 5.58. The van der Waals surface area contributed by atoms with Gasteiger partial charge in [-0.3, -0.25) is 0 Å². The SMILES string of the molecule is C=CCN1CCCc2ccc(O)cc21. The predicted molar refractivity (Wildman–Crippen MR) is 58.8 cm³/mol. The van der Waals surface area contributed by atoms with Gasteiger partial charge in [-0.25, -0.2) is 0 Å². The van der Waals surface area contributed by atoms with Crippen LogP contribution in [-0.2, 0) is 6.42 Å². The first kappa shape index (κ1) is 9.13. The fraction of sp³-hybridized carbons (Fsp3) is 0.333. The van der Waals surface area contributed by atoms with E-state index in [-0.39, 0.29) is 0 Å². The summed E-state index contributed by atoms with van der Waals surface area (Å²) in [5, 5.41) is 9.42. The maximum atomic E-state index is 9.42. The maximum Gasteiger partial charge on any atom is 0.117 e. The monoisotopic (exact) mass is 189 g/mol. The van der Waals surface area contributed by atoms with Gasteiger partial charge in [-0.2, -0.15) is 0 Å². The van der Waals surface area contributed by atoms with Crippen molar-refractivity contribution in [1.29, 1.82) is 0 Å². The molecular weight excluding hydrogens is 174 g/mol. The van der Waals surface area contributed by atoms with Crippen LogP contribution in [0.4, 0.5) is 5.69 Å². The van der Waals surface area contributed by atoms with E-state index >= 15 is 0 Å². The second-order valence-electron chi connectivity index (χ2n) is 3.65. The van der Waals surface area contributed by atoms with Gasteiger partial charge in [-0.1, -0.05) is 12.1 Å². The number of aryl methyl sites for hydroxylation is 1. The van der Waals surface area contributed by atoms with Crippen LogP contribution in [-0.4, -0.2) is 18.2 Å². The van der Waals surface area contributed by atoms with E-state index in [2.05, 4.69) is 11.5 Å². The molecule has 0 amide bonds. The lowest BCUT2D eigenvalue weighted by atomic mass is 10.0. The lowest BCUT2D eigenvalue weighted by Crippen LogP contribution is -2.29. The normalized spacial score (nSPS) is 15.0. The van der Waals surface area contributed by atoms with Crippen LogP contribution in [0.1, 0.15) is 12.0 Å². The number of benzene rings is 1. The van der Waals surface area contributed by atoms with Crippen molar-refractivity contribution in [3.63, 3.8) is 0 Å². The Morgan fingerprint density at radius 2 is 2.36 bits per heavy atom. The summed E-state index contributed by atoms with van der Waals surface area (Å²) < 4.78 is 0. The quantitative estimate of drug-likeness (QED) is 0.722. The van der Waals surface area contributed by atoms with Crippen LogP contribution in [0.25, 0.3) is 0 Å². The minimum absolute atomic E-state index is 0.347. The number of anilines is 1. The van der Waals surface area contributed by atoms with Gasteiger partial charge in [0.2, 0.25) is 0 Å². The van der Waals surface area contributed by atoms with Gasteiger partial charge >= 0.3 is 0 Å². The molecule has 1 aliphatic heterocycles. The average Bonchev–Trinajstić information content (AvgIpc) is 2.19. The first-order valence-electron chi connectivity index (χ1n) is 4.99. The third kappa shape index (κ3) is 1.60. The van der Waals surface area contributed by atoms with Gasteiger partial charge < -0.3 is 10.0 Å². The first-order valence-corrected chi connectivity index (χ1v) is 4.99. The Morgan fingerprint density at radius 3 is 3.14 bits per heavy atom. The Hall–Kier alpha value is -1.44. The van der Waals surface area contributed by atoms with Gasteiger partial charge in [0.1, 0.15) is 5.75 Å². The van der Waals surface area contributed by atoms with Crippen LogP contribution in [0.15, 0.2) is 30.9 Å². The fourth-order valence-corrected chi connectivity index (χ4v) is 1.98. The Balaban J connectivity index is 2.36. The van der Waals surface area contributed by atoms with Gasteiger partial charge in [0, 0.05) is 24.8 Å². The molecule has 1 aromatic rings. The number of aromatic hydroxyl groups is 1. The molecule has 0 aromatic heterocycles. The van der Waals surface area contributed by atoms with E-state index in [4.69, 9.17) is 0 Å². The minimum atomic E-state index is 0.347. The van der Waals surface area contributed by atoms with Crippen LogP contribution in [0.5, 0.6) is 5.75 Å². The molecule has 1 aromatic carbocycles. The first-order chi connectivity index (χ1) is 6.81. The van der Waals surface area contributed by atoms with E-state index in [1.165, 1.54) is 12.0 Å². The van der Waals surface area contributed by atoms with Crippen molar-refractivity contribution in [3.8, 4) is 5.75 Å². The summed E-state index contributed by atoms with van der Waals surface area (Å²) in [7, 11) is 0. The third-order valence-electron chi connectivity index (χ3n) is 2.63. The molecular formula is C12H15NO. The highest BCUT2D eigenvalue weighted by atomic mass is 16.3. The number of phenols is 1. The third-order valence-corrected chi connectivity index (χ3v) is 2.63. The summed E-state index contributed by atoms with van der Waals surface area (Å²) >= 11 is 0. The Morgan fingerprint density at radius 1 is 1.50 bits per heavy atom. The van der Waals surface area contributed by atoms with E-state index in [9.17, 15) is 5.11 Å². The molecule has 0 unspecified atom stereocenters. The Bertz CT molecular complexity index is 346. The summed E-state index contributed by atoms with van der Waals surface area (Å²) in [6, 6.07) is 5.62. The molecule has 0 saturated heterocycles. The molecule has 0 atom stereocenters. The van der Waals surface area contributed by atoms with Crippen molar-refractivity contribution < 1.29 is 5.11 Å². The summed E-state index contributed by atoms with van der Waals surface area (Å²) in [6.07, 6.45) is 4.20.